The minimum absolute atomic E-state index is 0.641. The molecule has 0 unspecified atom stereocenters. The number of nitrogens with zero attached hydrogens (tertiary/aromatic N) is 2. The number of rotatable bonds is 8. The summed E-state index contributed by atoms with van der Waals surface area (Å²) >= 11 is 0. The van der Waals surface area contributed by atoms with Crippen LogP contribution in [-0.2, 0) is 6.54 Å². The number of nitrogens with one attached hydrogen (secondary N) is 1. The molecule has 0 radical (unpaired) electrons. The third-order valence-corrected chi connectivity index (χ3v) is 3.30. The van der Waals surface area contributed by atoms with Gasteiger partial charge in [0.1, 0.15) is 12.4 Å². The molecule has 0 aliphatic heterocycles. The van der Waals surface area contributed by atoms with E-state index < -0.39 is 0 Å². The largest absolute Gasteiger partial charge is 0.492 e. The number of imidazole rings is 1. The predicted octanol–water partition coefficient (Wildman–Crippen LogP) is 3.79. The van der Waals surface area contributed by atoms with E-state index in [-0.39, 0.29) is 0 Å². The topological polar surface area (TPSA) is 39.1 Å². The van der Waals surface area contributed by atoms with Crippen molar-refractivity contribution < 1.29 is 4.74 Å². The molecular weight excluding hydrogens is 262 g/mol. The quantitative estimate of drug-likeness (QED) is 0.751. The molecule has 0 atom stereocenters. The molecule has 21 heavy (non-hydrogen) atoms. The van der Waals surface area contributed by atoms with Crippen LogP contribution in [-0.4, -0.2) is 22.7 Å². The van der Waals surface area contributed by atoms with E-state index in [4.69, 9.17) is 4.74 Å². The summed E-state index contributed by atoms with van der Waals surface area (Å²) in [5.74, 6) is 1.86. The molecule has 1 aromatic carbocycles. The molecule has 1 N–H and O–H groups in total. The first-order valence-corrected chi connectivity index (χ1v) is 7.66. The van der Waals surface area contributed by atoms with Gasteiger partial charge in [-0.2, -0.15) is 0 Å². The van der Waals surface area contributed by atoms with Gasteiger partial charge in [-0.3, -0.25) is 0 Å². The van der Waals surface area contributed by atoms with E-state index in [1.807, 2.05) is 19.1 Å². The molecule has 4 heteroatoms. The van der Waals surface area contributed by atoms with E-state index in [9.17, 15) is 0 Å². The molecule has 0 spiro atoms. The lowest BCUT2D eigenvalue weighted by Gasteiger charge is -2.11. The summed E-state index contributed by atoms with van der Waals surface area (Å²) in [6.07, 6.45) is 4.41. The van der Waals surface area contributed by atoms with Crippen LogP contribution in [0.5, 0.6) is 5.75 Å². The number of unbranched alkanes of at least 4 members (excludes halogenated alkanes) is 1. The lowest BCUT2D eigenvalue weighted by molar-refractivity contribution is 0.299. The zero-order valence-electron chi connectivity index (χ0n) is 13.2. The van der Waals surface area contributed by atoms with Crippen molar-refractivity contribution in [3.8, 4) is 5.75 Å². The zero-order chi connectivity index (χ0) is 15.1. The molecule has 2 rings (SSSR count). The smallest absolute Gasteiger partial charge is 0.203 e. The fourth-order valence-electron chi connectivity index (χ4n) is 2.20. The Morgan fingerprint density at radius 2 is 2.14 bits per heavy atom. The maximum atomic E-state index is 5.80. The van der Waals surface area contributed by atoms with Gasteiger partial charge >= 0.3 is 0 Å². The molecule has 0 fully saturated rings. The Morgan fingerprint density at radius 1 is 1.29 bits per heavy atom. The Balaban J connectivity index is 1.87. The molecule has 0 bridgehead atoms. The summed E-state index contributed by atoms with van der Waals surface area (Å²) in [5.41, 5.74) is 2.25. The molecule has 0 saturated carbocycles. The van der Waals surface area contributed by atoms with E-state index >= 15 is 0 Å². The number of aryl methyl sites for hydroxylation is 2. The summed E-state index contributed by atoms with van der Waals surface area (Å²) in [5, 5.41) is 3.39. The third-order valence-electron chi connectivity index (χ3n) is 3.30. The van der Waals surface area contributed by atoms with Crippen molar-refractivity contribution in [3.05, 3.63) is 41.7 Å². The second-order valence-corrected chi connectivity index (χ2v) is 5.34. The molecule has 2 aromatic rings. The highest BCUT2D eigenvalue weighted by molar-refractivity contribution is 5.29. The van der Waals surface area contributed by atoms with Gasteiger partial charge in [-0.15, -0.1) is 0 Å². The van der Waals surface area contributed by atoms with Gasteiger partial charge in [0.2, 0.25) is 5.95 Å². The normalized spacial score (nSPS) is 10.6. The predicted molar refractivity (Wildman–Crippen MR) is 87.0 cm³/mol. The van der Waals surface area contributed by atoms with Gasteiger partial charge in [-0.1, -0.05) is 25.5 Å². The highest BCUT2D eigenvalue weighted by atomic mass is 16.5. The molecule has 1 heterocycles. The van der Waals surface area contributed by atoms with E-state index in [1.165, 1.54) is 12.0 Å². The van der Waals surface area contributed by atoms with Crippen LogP contribution in [0.25, 0.3) is 0 Å². The molecule has 114 valence electrons. The van der Waals surface area contributed by atoms with Gasteiger partial charge < -0.3 is 14.6 Å². The SMILES string of the molecule is CCCCNc1nc(C)cn1CCOc1cccc(C)c1. The van der Waals surface area contributed by atoms with Crippen LogP contribution in [0.1, 0.15) is 31.0 Å². The van der Waals surface area contributed by atoms with Crippen LogP contribution >= 0.6 is 0 Å². The van der Waals surface area contributed by atoms with Crippen LogP contribution in [0.2, 0.25) is 0 Å². The third kappa shape index (κ3) is 4.81. The Kier molecular flexibility index (Phi) is 5.67. The second kappa shape index (κ2) is 7.72. The molecule has 4 nitrogen and oxygen atoms in total. The summed E-state index contributed by atoms with van der Waals surface area (Å²) < 4.78 is 7.93. The van der Waals surface area contributed by atoms with Crippen molar-refractivity contribution in [2.24, 2.45) is 0 Å². The highest BCUT2D eigenvalue weighted by Crippen LogP contribution is 2.13. The van der Waals surface area contributed by atoms with Crippen LogP contribution in [0.4, 0.5) is 5.95 Å². The summed E-state index contributed by atoms with van der Waals surface area (Å²) in [6.45, 7) is 8.68. The maximum absolute atomic E-state index is 5.80. The molecule has 0 aliphatic carbocycles. The lowest BCUT2D eigenvalue weighted by Crippen LogP contribution is -2.12. The summed E-state index contributed by atoms with van der Waals surface area (Å²) in [7, 11) is 0. The van der Waals surface area contributed by atoms with Gasteiger partial charge in [-0.25, -0.2) is 4.98 Å². The van der Waals surface area contributed by atoms with Crippen molar-refractivity contribution in [1.29, 1.82) is 0 Å². The summed E-state index contributed by atoms with van der Waals surface area (Å²) in [6, 6.07) is 8.14. The number of hydrogen-bond donors (Lipinski definition) is 1. The second-order valence-electron chi connectivity index (χ2n) is 5.34. The van der Waals surface area contributed by atoms with E-state index in [1.54, 1.807) is 0 Å². The Morgan fingerprint density at radius 3 is 2.90 bits per heavy atom. The van der Waals surface area contributed by atoms with E-state index in [0.29, 0.717) is 6.61 Å². The van der Waals surface area contributed by atoms with Gasteiger partial charge in [0.25, 0.3) is 0 Å². The van der Waals surface area contributed by atoms with Crippen molar-refractivity contribution in [2.75, 3.05) is 18.5 Å². The van der Waals surface area contributed by atoms with Crippen molar-refractivity contribution in [1.82, 2.24) is 9.55 Å². The minimum atomic E-state index is 0.641. The van der Waals surface area contributed by atoms with E-state index in [0.717, 1.165) is 36.9 Å². The van der Waals surface area contributed by atoms with Crippen LogP contribution in [0.3, 0.4) is 0 Å². The summed E-state index contributed by atoms with van der Waals surface area (Å²) in [4.78, 5) is 4.52. The van der Waals surface area contributed by atoms with Gasteiger partial charge in [0.05, 0.1) is 12.2 Å². The zero-order valence-corrected chi connectivity index (χ0v) is 13.2. The first-order valence-electron chi connectivity index (χ1n) is 7.66. The first kappa shape index (κ1) is 15.4. The van der Waals surface area contributed by atoms with Gasteiger partial charge in [0, 0.05) is 12.7 Å². The van der Waals surface area contributed by atoms with Gasteiger partial charge in [0.15, 0.2) is 0 Å². The van der Waals surface area contributed by atoms with Crippen LogP contribution < -0.4 is 10.1 Å². The Labute approximate surface area is 127 Å². The number of ether oxygens (including phenoxy) is 1. The standard InChI is InChI=1S/C17H25N3O/c1-4-5-9-18-17-19-15(3)13-20(17)10-11-21-16-8-6-7-14(2)12-16/h6-8,12-13H,4-5,9-11H2,1-3H3,(H,18,19). The van der Waals surface area contributed by atoms with E-state index in [2.05, 4.69) is 47.0 Å². The first-order chi connectivity index (χ1) is 10.2. The molecular formula is C17H25N3O. The Bertz CT molecular complexity index is 563. The molecule has 1 aromatic heterocycles. The number of anilines is 1. The van der Waals surface area contributed by atoms with Crippen molar-refractivity contribution >= 4 is 5.95 Å². The average Bonchev–Trinajstić information content (AvgIpc) is 2.80. The molecule has 0 aliphatic rings. The molecule has 0 amide bonds. The van der Waals surface area contributed by atoms with Crippen molar-refractivity contribution in [3.63, 3.8) is 0 Å². The fourth-order valence-corrected chi connectivity index (χ4v) is 2.20. The monoisotopic (exact) mass is 287 g/mol. The minimum Gasteiger partial charge on any atom is -0.492 e. The lowest BCUT2D eigenvalue weighted by atomic mass is 10.2. The highest BCUT2D eigenvalue weighted by Gasteiger charge is 2.05. The fraction of sp³-hybridized carbons (Fsp3) is 0.471. The van der Waals surface area contributed by atoms with Gasteiger partial charge in [-0.05, 0) is 38.0 Å². The average molecular weight is 287 g/mol. The Hall–Kier alpha value is -1.97. The number of benzene rings is 1. The number of aromatic nitrogens is 2. The number of hydrogen-bond acceptors (Lipinski definition) is 3. The van der Waals surface area contributed by atoms with Crippen LogP contribution in [0.15, 0.2) is 30.5 Å². The maximum Gasteiger partial charge on any atom is 0.203 e. The van der Waals surface area contributed by atoms with Crippen LogP contribution in [0, 0.1) is 13.8 Å². The molecule has 0 saturated heterocycles. The van der Waals surface area contributed by atoms with Crippen molar-refractivity contribution in [2.45, 2.75) is 40.2 Å².